The second-order valence-corrected chi connectivity index (χ2v) is 19.4. The molecule has 0 radical (unpaired) electrons. The van der Waals surface area contributed by atoms with Gasteiger partial charge in [0.1, 0.15) is 0 Å². The first-order valence-electron chi connectivity index (χ1n) is 9.09. The van der Waals surface area contributed by atoms with E-state index in [1.165, 1.54) is 12.1 Å². The van der Waals surface area contributed by atoms with Gasteiger partial charge < -0.3 is 8.85 Å². The maximum Gasteiger partial charge on any atom is 0.313 e. The molecule has 0 amide bonds. The number of carbonyl (C=O) groups excluding carboxylic acids is 1. The maximum atomic E-state index is 11.7. The van der Waals surface area contributed by atoms with Crippen LogP contribution in [0.1, 0.15) is 51.9 Å². The number of benzene rings is 1. The summed E-state index contributed by atoms with van der Waals surface area (Å²) in [6.45, 7) is 20.5. The van der Waals surface area contributed by atoms with Crippen LogP contribution < -0.4 is 8.85 Å². The lowest BCUT2D eigenvalue weighted by molar-refractivity contribution is -0.385. The molecule has 0 saturated heterocycles. The predicted octanol–water partition coefficient (Wildman–Crippen LogP) is 6.18. The van der Waals surface area contributed by atoms with E-state index in [1.54, 1.807) is 0 Å². The molecule has 0 saturated carbocycles. The third-order valence-corrected chi connectivity index (χ3v) is 14.4. The fraction of sp³-hybridized carbons (Fsp3) is 0.632. The van der Waals surface area contributed by atoms with E-state index in [1.807, 2.05) is 26.2 Å². The van der Waals surface area contributed by atoms with Gasteiger partial charge in [-0.3, -0.25) is 14.9 Å². The molecule has 1 rings (SSSR count). The molecule has 1 aromatic carbocycles. The van der Waals surface area contributed by atoms with Gasteiger partial charge in [-0.2, -0.15) is 0 Å². The molecular weight excluding hydrogens is 378 g/mol. The minimum Gasteiger partial charge on any atom is -0.540 e. The normalized spacial score (nSPS) is 13.3. The minimum absolute atomic E-state index is 0.0843. The minimum atomic E-state index is -2.40. The molecule has 6 nitrogen and oxygen atoms in total. The molecule has 0 N–H and O–H groups in total. The van der Waals surface area contributed by atoms with Gasteiger partial charge in [-0.15, -0.1) is 0 Å². The third-order valence-electron chi connectivity index (χ3n) is 5.77. The Morgan fingerprint density at radius 3 is 1.63 bits per heavy atom. The number of nitrogens with zero attached hydrogens (tertiary/aromatic N) is 1. The molecule has 0 aliphatic carbocycles. The van der Waals surface area contributed by atoms with Crippen molar-refractivity contribution in [3.8, 4) is 11.5 Å². The lowest BCUT2D eigenvalue weighted by atomic mass is 10.2. The Morgan fingerprint density at radius 1 is 0.889 bits per heavy atom. The van der Waals surface area contributed by atoms with Crippen LogP contribution in [0.4, 0.5) is 5.69 Å². The standard InChI is InChI=1S/C19H33NO5Si2/c1-18(2,3)26(7,8)24-16-14(13-21)11-12-15(20(22)23)17(16)25-27(9,10)19(4,5)6/h11-13H,1-10H3. The topological polar surface area (TPSA) is 78.7 Å². The van der Waals surface area contributed by atoms with Crippen molar-refractivity contribution in [2.45, 2.75) is 77.8 Å². The van der Waals surface area contributed by atoms with Gasteiger partial charge in [0.25, 0.3) is 16.6 Å². The number of hydrogen-bond donors (Lipinski definition) is 0. The Hall–Kier alpha value is -1.68. The highest BCUT2D eigenvalue weighted by atomic mass is 28.4. The smallest absolute Gasteiger partial charge is 0.313 e. The van der Waals surface area contributed by atoms with Crippen molar-refractivity contribution >= 4 is 28.6 Å². The van der Waals surface area contributed by atoms with E-state index in [-0.39, 0.29) is 32.8 Å². The van der Waals surface area contributed by atoms with Crippen LogP contribution >= 0.6 is 0 Å². The zero-order chi connectivity index (χ0) is 21.4. The van der Waals surface area contributed by atoms with Crippen LogP contribution in [0.5, 0.6) is 11.5 Å². The molecule has 1 aromatic rings. The number of hydrogen-bond acceptors (Lipinski definition) is 5. The van der Waals surface area contributed by atoms with Crippen molar-refractivity contribution in [2.75, 3.05) is 0 Å². The zero-order valence-corrected chi connectivity index (χ0v) is 20.2. The number of aldehydes is 1. The molecule has 0 aromatic heterocycles. The van der Waals surface area contributed by atoms with Crippen molar-refractivity contribution in [1.29, 1.82) is 0 Å². The van der Waals surface area contributed by atoms with E-state index in [2.05, 4.69) is 41.5 Å². The highest BCUT2D eigenvalue weighted by molar-refractivity contribution is 6.75. The zero-order valence-electron chi connectivity index (χ0n) is 18.2. The fourth-order valence-corrected chi connectivity index (χ4v) is 3.87. The van der Waals surface area contributed by atoms with Crippen LogP contribution in [0.25, 0.3) is 0 Å². The van der Waals surface area contributed by atoms with Crippen LogP contribution in [0.15, 0.2) is 12.1 Å². The van der Waals surface area contributed by atoms with Crippen LogP contribution in [0.3, 0.4) is 0 Å². The summed E-state index contributed by atoms with van der Waals surface area (Å²) in [6.07, 6.45) is 0.671. The van der Waals surface area contributed by atoms with E-state index in [4.69, 9.17) is 8.85 Å². The van der Waals surface area contributed by atoms with Gasteiger partial charge in [-0.05, 0) is 42.3 Å². The summed E-state index contributed by atoms with van der Waals surface area (Å²) >= 11 is 0. The monoisotopic (exact) mass is 411 g/mol. The van der Waals surface area contributed by atoms with Gasteiger partial charge in [-0.1, -0.05) is 41.5 Å². The van der Waals surface area contributed by atoms with Crippen LogP contribution in [-0.4, -0.2) is 27.8 Å². The Kier molecular flexibility index (Phi) is 6.39. The molecule has 152 valence electrons. The summed E-state index contributed by atoms with van der Waals surface area (Å²) in [4.78, 5) is 22.9. The quantitative estimate of drug-likeness (QED) is 0.242. The van der Waals surface area contributed by atoms with E-state index >= 15 is 0 Å². The molecule has 0 aliphatic rings. The number of nitro benzene ring substituents is 1. The van der Waals surface area contributed by atoms with E-state index < -0.39 is 21.6 Å². The van der Waals surface area contributed by atoms with E-state index in [9.17, 15) is 14.9 Å². The van der Waals surface area contributed by atoms with Crippen molar-refractivity contribution < 1.29 is 18.6 Å². The summed E-state index contributed by atoms with van der Waals surface area (Å²) in [5.74, 6) is 0.289. The summed E-state index contributed by atoms with van der Waals surface area (Å²) in [5, 5.41) is 11.4. The highest BCUT2D eigenvalue weighted by Gasteiger charge is 2.44. The number of nitro groups is 1. The molecule has 0 unspecified atom stereocenters. The first-order chi connectivity index (χ1) is 11.9. The van der Waals surface area contributed by atoms with E-state index in [0.29, 0.717) is 6.29 Å². The van der Waals surface area contributed by atoms with Gasteiger partial charge >= 0.3 is 5.69 Å². The molecule has 0 heterocycles. The second-order valence-electron chi connectivity index (χ2n) is 9.93. The molecule has 27 heavy (non-hydrogen) atoms. The largest absolute Gasteiger partial charge is 0.540 e. The van der Waals surface area contributed by atoms with Gasteiger partial charge in [-0.25, -0.2) is 0 Å². The third kappa shape index (κ3) is 4.98. The maximum absolute atomic E-state index is 11.7. The summed E-state index contributed by atoms with van der Waals surface area (Å²) < 4.78 is 12.7. The van der Waals surface area contributed by atoms with Gasteiger partial charge in [0, 0.05) is 6.07 Å². The fourth-order valence-electron chi connectivity index (χ4n) is 1.82. The highest BCUT2D eigenvalue weighted by Crippen LogP contribution is 2.48. The molecule has 0 atom stereocenters. The van der Waals surface area contributed by atoms with Crippen LogP contribution in [-0.2, 0) is 0 Å². The van der Waals surface area contributed by atoms with Crippen LogP contribution in [0, 0.1) is 10.1 Å². The Balaban J connectivity index is 3.72. The molecule has 0 spiro atoms. The average Bonchev–Trinajstić information content (AvgIpc) is 2.45. The predicted molar refractivity (Wildman–Crippen MR) is 114 cm³/mol. The molecule has 0 fully saturated rings. The second kappa shape index (κ2) is 7.39. The SMILES string of the molecule is CC(C)(C)[Si](C)(C)Oc1c(C=O)ccc([N+](=O)[O-])c1O[Si](C)(C)C(C)(C)C. The molecule has 0 bridgehead atoms. The Bertz CT molecular complexity index is 731. The van der Waals surface area contributed by atoms with Gasteiger partial charge in [0.2, 0.25) is 5.75 Å². The van der Waals surface area contributed by atoms with Crippen molar-refractivity contribution in [1.82, 2.24) is 0 Å². The first kappa shape index (κ1) is 23.4. The molecule has 0 aliphatic heterocycles. The first-order valence-corrected chi connectivity index (χ1v) is 14.9. The van der Waals surface area contributed by atoms with Crippen molar-refractivity contribution in [2.24, 2.45) is 0 Å². The lowest BCUT2D eigenvalue weighted by Gasteiger charge is -2.39. The lowest BCUT2D eigenvalue weighted by Crippen LogP contribution is -2.46. The number of carbonyl (C=O) groups is 1. The Morgan fingerprint density at radius 2 is 1.30 bits per heavy atom. The Labute approximate surface area is 164 Å². The summed E-state index contributed by atoms with van der Waals surface area (Å²) in [5.41, 5.74) is 0.110. The van der Waals surface area contributed by atoms with Crippen molar-refractivity contribution in [3.05, 3.63) is 27.8 Å². The van der Waals surface area contributed by atoms with Gasteiger partial charge in [0.15, 0.2) is 12.0 Å². The van der Waals surface area contributed by atoms with E-state index in [0.717, 1.165) is 0 Å². The van der Waals surface area contributed by atoms with Gasteiger partial charge in [0.05, 0.1) is 10.5 Å². The average molecular weight is 412 g/mol. The summed E-state index contributed by atoms with van der Waals surface area (Å²) in [6, 6.07) is 2.76. The summed E-state index contributed by atoms with van der Waals surface area (Å²) in [7, 11) is -4.75. The van der Waals surface area contributed by atoms with Crippen molar-refractivity contribution in [3.63, 3.8) is 0 Å². The molecule has 8 heteroatoms. The van der Waals surface area contributed by atoms with Crippen LogP contribution in [0.2, 0.25) is 36.3 Å². The molecular formula is C19H33NO5Si2. The number of rotatable bonds is 6.